The Morgan fingerprint density at radius 1 is 1.59 bits per heavy atom. The van der Waals surface area contributed by atoms with Crippen molar-refractivity contribution in [1.82, 2.24) is 10.2 Å². The van der Waals surface area contributed by atoms with E-state index in [1.54, 1.807) is 4.90 Å². The standard InChI is InChI=1S/C12H20N2O3/c1-3-5-10(11(15)16)13-12(17)14-7-4-6-9(2)8-14/h6,10H,3-5,7-8H2,1-2H3,(H,13,17)(H,15,16)/t10-/m0/s1. The summed E-state index contributed by atoms with van der Waals surface area (Å²) in [6.07, 6.45) is 4.13. The lowest BCUT2D eigenvalue weighted by molar-refractivity contribution is -0.139. The summed E-state index contributed by atoms with van der Waals surface area (Å²) in [5.41, 5.74) is 1.15. The largest absolute Gasteiger partial charge is 0.480 e. The number of rotatable bonds is 4. The molecule has 1 aliphatic heterocycles. The van der Waals surface area contributed by atoms with Crippen LogP contribution in [0.2, 0.25) is 0 Å². The van der Waals surface area contributed by atoms with E-state index in [1.165, 1.54) is 0 Å². The van der Waals surface area contributed by atoms with E-state index in [1.807, 2.05) is 13.8 Å². The third-order valence-corrected chi connectivity index (χ3v) is 2.79. The number of carboxylic acids is 1. The molecule has 0 aromatic carbocycles. The fourth-order valence-corrected chi connectivity index (χ4v) is 1.87. The predicted octanol–water partition coefficient (Wildman–Crippen LogP) is 1.60. The Labute approximate surface area is 101 Å². The van der Waals surface area contributed by atoms with E-state index in [0.717, 1.165) is 18.4 Å². The zero-order chi connectivity index (χ0) is 12.8. The molecule has 0 spiro atoms. The molecule has 1 atom stereocenters. The van der Waals surface area contributed by atoms with Gasteiger partial charge in [0.2, 0.25) is 0 Å². The van der Waals surface area contributed by atoms with E-state index in [4.69, 9.17) is 5.11 Å². The molecular formula is C12H20N2O3. The molecule has 0 radical (unpaired) electrons. The van der Waals surface area contributed by atoms with Gasteiger partial charge in [0.1, 0.15) is 6.04 Å². The highest BCUT2D eigenvalue weighted by Gasteiger charge is 2.23. The Bertz CT molecular complexity index is 326. The fourth-order valence-electron chi connectivity index (χ4n) is 1.87. The summed E-state index contributed by atoms with van der Waals surface area (Å²) >= 11 is 0. The molecule has 0 saturated carbocycles. The first-order chi connectivity index (χ1) is 8.04. The Hall–Kier alpha value is -1.52. The van der Waals surface area contributed by atoms with Crippen LogP contribution >= 0.6 is 0 Å². The molecule has 5 heteroatoms. The number of nitrogens with one attached hydrogen (secondary N) is 1. The van der Waals surface area contributed by atoms with Gasteiger partial charge in [-0.3, -0.25) is 0 Å². The van der Waals surface area contributed by atoms with Gasteiger partial charge in [-0.15, -0.1) is 0 Å². The molecule has 0 aliphatic carbocycles. The summed E-state index contributed by atoms with van der Waals surface area (Å²) in [7, 11) is 0. The molecule has 0 unspecified atom stereocenters. The predicted molar refractivity (Wildman–Crippen MR) is 64.8 cm³/mol. The lowest BCUT2D eigenvalue weighted by Crippen LogP contribution is -2.49. The number of hydrogen-bond donors (Lipinski definition) is 2. The topological polar surface area (TPSA) is 69.6 Å². The first kappa shape index (κ1) is 13.5. The summed E-state index contributed by atoms with van der Waals surface area (Å²) in [6.45, 7) is 5.11. The van der Waals surface area contributed by atoms with E-state index in [-0.39, 0.29) is 6.03 Å². The number of nitrogens with zero attached hydrogens (tertiary/aromatic N) is 1. The monoisotopic (exact) mass is 240 g/mol. The number of carbonyl (C=O) groups excluding carboxylic acids is 1. The number of amides is 2. The molecule has 2 amide bonds. The van der Waals surface area contributed by atoms with Crippen LogP contribution in [0.1, 0.15) is 33.1 Å². The molecule has 1 rings (SSSR count). The molecule has 0 aromatic heterocycles. The highest BCUT2D eigenvalue weighted by atomic mass is 16.4. The van der Waals surface area contributed by atoms with Gasteiger partial charge in [0.15, 0.2) is 0 Å². The molecule has 0 fully saturated rings. The number of aliphatic carboxylic acids is 1. The zero-order valence-electron chi connectivity index (χ0n) is 10.4. The van der Waals surface area contributed by atoms with Crippen LogP contribution in [-0.2, 0) is 4.79 Å². The lowest BCUT2D eigenvalue weighted by atomic mass is 10.1. The summed E-state index contributed by atoms with van der Waals surface area (Å²) in [5.74, 6) is -0.968. The third-order valence-electron chi connectivity index (χ3n) is 2.79. The number of hydrogen-bond acceptors (Lipinski definition) is 2. The Balaban J connectivity index is 2.52. The van der Waals surface area contributed by atoms with Crippen LogP contribution in [0.5, 0.6) is 0 Å². The van der Waals surface area contributed by atoms with Crippen LogP contribution in [-0.4, -0.2) is 41.1 Å². The summed E-state index contributed by atoms with van der Waals surface area (Å²) in [4.78, 5) is 24.4. The number of urea groups is 1. The molecule has 0 aromatic rings. The molecule has 1 aliphatic rings. The van der Waals surface area contributed by atoms with Crippen molar-refractivity contribution in [3.63, 3.8) is 0 Å². The highest BCUT2D eigenvalue weighted by Crippen LogP contribution is 2.09. The second kappa shape index (κ2) is 6.27. The van der Waals surface area contributed by atoms with E-state index in [9.17, 15) is 9.59 Å². The van der Waals surface area contributed by atoms with Crippen molar-refractivity contribution in [2.45, 2.75) is 39.2 Å². The van der Waals surface area contributed by atoms with Gasteiger partial charge in [0.05, 0.1) is 0 Å². The van der Waals surface area contributed by atoms with Gasteiger partial charge >= 0.3 is 12.0 Å². The van der Waals surface area contributed by atoms with Crippen molar-refractivity contribution >= 4 is 12.0 Å². The molecule has 17 heavy (non-hydrogen) atoms. The fraction of sp³-hybridized carbons (Fsp3) is 0.667. The minimum absolute atomic E-state index is 0.279. The van der Waals surface area contributed by atoms with Crippen LogP contribution in [0.3, 0.4) is 0 Å². The van der Waals surface area contributed by atoms with Crippen LogP contribution in [0.4, 0.5) is 4.79 Å². The molecule has 5 nitrogen and oxygen atoms in total. The van der Waals surface area contributed by atoms with Crippen molar-refractivity contribution in [1.29, 1.82) is 0 Å². The maximum Gasteiger partial charge on any atom is 0.326 e. The second-order valence-electron chi connectivity index (χ2n) is 4.39. The molecule has 2 N–H and O–H groups in total. The van der Waals surface area contributed by atoms with Crippen molar-refractivity contribution in [2.75, 3.05) is 13.1 Å². The van der Waals surface area contributed by atoms with E-state index < -0.39 is 12.0 Å². The first-order valence-electron chi connectivity index (χ1n) is 5.98. The van der Waals surface area contributed by atoms with Gasteiger partial charge in [-0.05, 0) is 19.8 Å². The molecule has 1 heterocycles. The second-order valence-corrected chi connectivity index (χ2v) is 4.39. The number of carboxylic acid groups (broad SMARTS) is 1. The Kier molecular flexibility index (Phi) is 5.00. The maximum absolute atomic E-state index is 11.9. The third kappa shape index (κ3) is 4.09. The van der Waals surface area contributed by atoms with Gasteiger partial charge in [0, 0.05) is 13.1 Å². The normalized spacial score (nSPS) is 17.3. The number of carbonyl (C=O) groups is 2. The quantitative estimate of drug-likeness (QED) is 0.733. The van der Waals surface area contributed by atoms with E-state index >= 15 is 0 Å². The van der Waals surface area contributed by atoms with Crippen molar-refractivity contribution in [3.8, 4) is 0 Å². The van der Waals surface area contributed by atoms with Gasteiger partial charge in [-0.25, -0.2) is 9.59 Å². The minimum atomic E-state index is -0.968. The van der Waals surface area contributed by atoms with Gasteiger partial charge in [0.25, 0.3) is 0 Å². The van der Waals surface area contributed by atoms with Crippen molar-refractivity contribution in [2.24, 2.45) is 0 Å². The SMILES string of the molecule is CCC[C@H](NC(=O)N1CCC=C(C)C1)C(=O)O. The average molecular weight is 240 g/mol. The van der Waals surface area contributed by atoms with Crippen molar-refractivity contribution in [3.05, 3.63) is 11.6 Å². The molecule has 96 valence electrons. The first-order valence-corrected chi connectivity index (χ1v) is 5.98. The van der Waals surface area contributed by atoms with Crippen molar-refractivity contribution < 1.29 is 14.7 Å². The van der Waals surface area contributed by atoms with Gasteiger partial charge in [-0.1, -0.05) is 25.0 Å². The highest BCUT2D eigenvalue weighted by molar-refractivity contribution is 5.82. The van der Waals surface area contributed by atoms with Gasteiger partial charge in [-0.2, -0.15) is 0 Å². The average Bonchev–Trinajstić information content (AvgIpc) is 2.28. The Morgan fingerprint density at radius 2 is 2.29 bits per heavy atom. The maximum atomic E-state index is 11.9. The lowest BCUT2D eigenvalue weighted by Gasteiger charge is -2.27. The smallest absolute Gasteiger partial charge is 0.326 e. The molecule has 0 bridgehead atoms. The molecular weight excluding hydrogens is 220 g/mol. The zero-order valence-corrected chi connectivity index (χ0v) is 10.4. The minimum Gasteiger partial charge on any atom is -0.480 e. The van der Waals surface area contributed by atoms with Crippen LogP contribution in [0.25, 0.3) is 0 Å². The Morgan fingerprint density at radius 3 is 2.82 bits per heavy atom. The van der Waals surface area contributed by atoms with Crippen LogP contribution in [0, 0.1) is 0 Å². The van der Waals surface area contributed by atoms with E-state index in [0.29, 0.717) is 19.5 Å². The summed E-state index contributed by atoms with van der Waals surface area (Å²) in [5, 5.41) is 11.5. The van der Waals surface area contributed by atoms with Crippen LogP contribution < -0.4 is 5.32 Å². The molecule has 0 saturated heterocycles. The van der Waals surface area contributed by atoms with Gasteiger partial charge < -0.3 is 15.3 Å². The van der Waals surface area contributed by atoms with Crippen LogP contribution in [0.15, 0.2) is 11.6 Å². The summed E-state index contributed by atoms with van der Waals surface area (Å²) < 4.78 is 0. The van der Waals surface area contributed by atoms with E-state index in [2.05, 4.69) is 11.4 Å². The summed E-state index contributed by atoms with van der Waals surface area (Å²) in [6, 6.07) is -1.06.